The van der Waals surface area contributed by atoms with E-state index in [1.54, 1.807) is 42.5 Å². The van der Waals surface area contributed by atoms with Gasteiger partial charge in [0.05, 0.1) is 20.8 Å². The lowest BCUT2D eigenvalue weighted by Crippen LogP contribution is -2.27. The second-order valence-corrected chi connectivity index (χ2v) is 9.83. The highest BCUT2D eigenvalue weighted by Crippen LogP contribution is 2.35. The van der Waals surface area contributed by atoms with Crippen molar-refractivity contribution in [2.45, 2.75) is 13.2 Å². The van der Waals surface area contributed by atoms with E-state index in [0.717, 1.165) is 11.1 Å². The molecule has 6 nitrogen and oxygen atoms in total. The first kappa shape index (κ1) is 24.1. The van der Waals surface area contributed by atoms with Crippen molar-refractivity contribution in [3.63, 3.8) is 0 Å². The Labute approximate surface area is 212 Å². The van der Waals surface area contributed by atoms with Crippen LogP contribution in [0.1, 0.15) is 16.7 Å². The summed E-state index contributed by atoms with van der Waals surface area (Å²) in [7, 11) is 0. The number of benzene rings is 3. The minimum absolute atomic E-state index is 0.00672. The van der Waals surface area contributed by atoms with Gasteiger partial charge < -0.3 is 4.74 Å². The van der Waals surface area contributed by atoms with Gasteiger partial charge in [-0.25, -0.2) is 4.39 Å². The van der Waals surface area contributed by atoms with Crippen LogP contribution < -0.4 is 4.74 Å². The summed E-state index contributed by atoms with van der Waals surface area (Å²) in [5, 5.41) is 10.9. The molecule has 0 N–H and O–H groups in total. The number of nitrogens with zero attached hydrogens (tertiary/aromatic N) is 2. The maximum atomic E-state index is 13.1. The van der Waals surface area contributed by atoms with Crippen molar-refractivity contribution < 1.29 is 18.8 Å². The van der Waals surface area contributed by atoms with Gasteiger partial charge in [-0.3, -0.25) is 19.8 Å². The van der Waals surface area contributed by atoms with E-state index < -0.39 is 4.92 Å². The van der Waals surface area contributed by atoms with Crippen molar-refractivity contribution in [3.8, 4) is 5.75 Å². The zero-order valence-corrected chi connectivity index (χ0v) is 20.7. The number of rotatable bonds is 7. The summed E-state index contributed by atoms with van der Waals surface area (Å²) in [6.07, 6.45) is 1.75. The van der Waals surface area contributed by atoms with Crippen LogP contribution in [0.4, 0.5) is 10.1 Å². The lowest BCUT2D eigenvalue weighted by atomic mass is 10.2. The highest BCUT2D eigenvalue weighted by Gasteiger charge is 2.32. The Balaban J connectivity index is 1.44. The van der Waals surface area contributed by atoms with Crippen molar-refractivity contribution in [2.75, 3.05) is 0 Å². The van der Waals surface area contributed by atoms with Gasteiger partial charge in [-0.15, -0.1) is 0 Å². The highest BCUT2D eigenvalue weighted by atomic mass is 79.9. The first-order valence-electron chi connectivity index (χ1n) is 9.95. The molecule has 1 aliphatic rings. The molecular formula is C24H16BrFN2O4S2. The number of thioether (sulfide) groups is 1. The molecule has 0 aromatic heterocycles. The van der Waals surface area contributed by atoms with E-state index in [-0.39, 0.29) is 30.6 Å². The minimum atomic E-state index is -0.448. The van der Waals surface area contributed by atoms with E-state index in [9.17, 15) is 19.3 Å². The molecule has 0 atom stereocenters. The van der Waals surface area contributed by atoms with Gasteiger partial charge in [0, 0.05) is 12.1 Å². The number of amides is 1. The molecule has 1 aliphatic heterocycles. The van der Waals surface area contributed by atoms with Gasteiger partial charge in [-0.2, -0.15) is 0 Å². The minimum Gasteiger partial charge on any atom is -0.488 e. The largest absolute Gasteiger partial charge is 0.488 e. The topological polar surface area (TPSA) is 72.7 Å². The van der Waals surface area contributed by atoms with Gasteiger partial charge in [0.25, 0.3) is 11.6 Å². The summed E-state index contributed by atoms with van der Waals surface area (Å²) in [6.45, 7) is 0.443. The Bertz CT molecular complexity index is 1310. The van der Waals surface area contributed by atoms with Crippen molar-refractivity contribution in [2.24, 2.45) is 0 Å². The molecule has 0 unspecified atom stereocenters. The Morgan fingerprint density at radius 3 is 2.59 bits per heavy atom. The van der Waals surface area contributed by atoms with Crippen LogP contribution in [0.25, 0.3) is 6.08 Å². The normalized spacial score (nSPS) is 14.6. The van der Waals surface area contributed by atoms with Crippen LogP contribution in [0.5, 0.6) is 5.75 Å². The van der Waals surface area contributed by atoms with Gasteiger partial charge in [0.1, 0.15) is 22.5 Å². The third-order valence-electron chi connectivity index (χ3n) is 4.90. The van der Waals surface area contributed by atoms with E-state index in [2.05, 4.69) is 15.9 Å². The summed E-state index contributed by atoms with van der Waals surface area (Å²) < 4.78 is 20.1. The van der Waals surface area contributed by atoms with Gasteiger partial charge in [-0.05, 0) is 63.0 Å². The SMILES string of the molecule is O=C1/C(=C/c2ccc(OCc3cccc([N+](=O)[O-])c3)c(Br)c2)SC(=S)N1Cc1ccc(F)cc1. The maximum Gasteiger partial charge on any atom is 0.269 e. The van der Waals surface area contributed by atoms with E-state index in [0.29, 0.717) is 25.0 Å². The summed E-state index contributed by atoms with van der Waals surface area (Å²) in [5.41, 5.74) is 2.24. The summed E-state index contributed by atoms with van der Waals surface area (Å²) in [5.74, 6) is 0.0195. The molecule has 34 heavy (non-hydrogen) atoms. The molecule has 0 bridgehead atoms. The molecule has 0 radical (unpaired) electrons. The van der Waals surface area contributed by atoms with Crippen molar-refractivity contribution >= 4 is 61.9 Å². The summed E-state index contributed by atoms with van der Waals surface area (Å²) >= 11 is 10.1. The van der Waals surface area contributed by atoms with Crippen molar-refractivity contribution in [1.29, 1.82) is 0 Å². The molecule has 3 aromatic rings. The van der Waals surface area contributed by atoms with Gasteiger partial charge in [0.15, 0.2) is 0 Å². The molecule has 1 amide bonds. The van der Waals surface area contributed by atoms with E-state index in [1.165, 1.54) is 40.9 Å². The third-order valence-corrected chi connectivity index (χ3v) is 6.89. The number of nitro benzene ring substituents is 1. The number of carbonyl (C=O) groups is 1. The predicted octanol–water partition coefficient (Wildman–Crippen LogP) is 6.48. The van der Waals surface area contributed by atoms with Crippen LogP contribution in [0.15, 0.2) is 76.1 Å². The van der Waals surface area contributed by atoms with Crippen LogP contribution >= 0.6 is 39.9 Å². The Morgan fingerprint density at radius 2 is 1.88 bits per heavy atom. The van der Waals surface area contributed by atoms with Gasteiger partial charge in [-0.1, -0.05) is 54.3 Å². The molecule has 3 aromatic carbocycles. The average molecular weight is 559 g/mol. The molecule has 1 saturated heterocycles. The fraction of sp³-hybridized carbons (Fsp3) is 0.0833. The zero-order chi connectivity index (χ0) is 24.2. The second-order valence-electron chi connectivity index (χ2n) is 7.30. The summed E-state index contributed by atoms with van der Waals surface area (Å²) in [4.78, 5) is 25.3. The number of ether oxygens (including phenoxy) is 1. The fourth-order valence-corrected chi connectivity index (χ4v) is 4.97. The number of thiocarbonyl (C=S) groups is 1. The second kappa shape index (κ2) is 10.5. The molecule has 1 heterocycles. The monoisotopic (exact) mass is 558 g/mol. The fourth-order valence-electron chi connectivity index (χ4n) is 3.20. The molecule has 0 spiro atoms. The Hall–Kier alpha value is -3.08. The standard InChI is InChI=1S/C24H16BrFN2O4S2/c25-20-11-16(6-9-21(20)32-14-17-2-1-3-19(10-17)28(30)31)12-22-23(29)27(24(33)34-22)13-15-4-7-18(26)8-5-15/h1-12H,13-14H2/b22-12-. The molecule has 10 heteroatoms. The zero-order valence-electron chi connectivity index (χ0n) is 17.4. The van der Waals surface area contributed by atoms with Crippen LogP contribution in [-0.4, -0.2) is 20.1 Å². The molecule has 0 aliphatic carbocycles. The van der Waals surface area contributed by atoms with Gasteiger partial charge >= 0.3 is 0 Å². The Morgan fingerprint density at radius 1 is 1.12 bits per heavy atom. The van der Waals surface area contributed by atoms with Crippen LogP contribution in [0.3, 0.4) is 0 Å². The van der Waals surface area contributed by atoms with Crippen molar-refractivity contribution in [1.82, 2.24) is 4.90 Å². The smallest absolute Gasteiger partial charge is 0.269 e. The number of non-ortho nitro benzene ring substituents is 1. The lowest BCUT2D eigenvalue weighted by molar-refractivity contribution is -0.384. The van der Waals surface area contributed by atoms with Crippen LogP contribution in [0, 0.1) is 15.9 Å². The predicted molar refractivity (Wildman–Crippen MR) is 137 cm³/mol. The molecule has 0 saturated carbocycles. The van der Waals surface area contributed by atoms with Crippen molar-refractivity contribution in [3.05, 3.63) is 109 Å². The van der Waals surface area contributed by atoms with Crippen LogP contribution in [-0.2, 0) is 17.9 Å². The molecule has 1 fully saturated rings. The number of hydrogen-bond donors (Lipinski definition) is 0. The average Bonchev–Trinajstić information content (AvgIpc) is 3.07. The summed E-state index contributed by atoms with van der Waals surface area (Å²) in [6, 6.07) is 17.6. The number of nitro groups is 1. The first-order valence-corrected chi connectivity index (χ1v) is 12.0. The number of carbonyl (C=O) groups excluding carboxylic acids is 1. The first-order chi connectivity index (χ1) is 16.3. The highest BCUT2D eigenvalue weighted by molar-refractivity contribution is 9.10. The van der Waals surface area contributed by atoms with E-state index in [1.807, 2.05) is 6.07 Å². The molecule has 4 rings (SSSR count). The van der Waals surface area contributed by atoms with E-state index >= 15 is 0 Å². The number of halogens is 2. The molecule has 172 valence electrons. The van der Waals surface area contributed by atoms with Gasteiger partial charge in [0.2, 0.25) is 0 Å². The molecular weight excluding hydrogens is 543 g/mol. The number of hydrogen-bond acceptors (Lipinski definition) is 6. The third kappa shape index (κ3) is 5.69. The van der Waals surface area contributed by atoms with E-state index in [4.69, 9.17) is 17.0 Å². The quantitative estimate of drug-likeness (QED) is 0.143. The Kier molecular flexibility index (Phi) is 7.40. The lowest BCUT2D eigenvalue weighted by Gasteiger charge is -2.14. The van der Waals surface area contributed by atoms with Crippen LogP contribution in [0.2, 0.25) is 0 Å². The maximum absolute atomic E-state index is 13.1.